The van der Waals surface area contributed by atoms with E-state index in [1.807, 2.05) is 54.1 Å². The first kappa shape index (κ1) is 20.4. The summed E-state index contributed by atoms with van der Waals surface area (Å²) in [6.07, 6.45) is 7.78. The van der Waals surface area contributed by atoms with E-state index in [4.69, 9.17) is 26.2 Å². The van der Waals surface area contributed by atoms with E-state index in [-0.39, 0.29) is 11.6 Å². The maximum absolute atomic E-state index is 11.7. The van der Waals surface area contributed by atoms with Crippen molar-refractivity contribution in [2.75, 3.05) is 13.7 Å². The number of carbonyl (C=O) groups is 1. The summed E-state index contributed by atoms with van der Waals surface area (Å²) in [5, 5.41) is 5.44. The molecule has 0 bridgehead atoms. The number of halogens is 1. The summed E-state index contributed by atoms with van der Waals surface area (Å²) in [6, 6.07) is 9.68. The highest BCUT2D eigenvalue weighted by molar-refractivity contribution is 6.30. The number of methoxy groups -OCH3 is 1. The second kappa shape index (κ2) is 8.76. The van der Waals surface area contributed by atoms with Crippen LogP contribution < -0.4 is 0 Å². The van der Waals surface area contributed by atoms with Gasteiger partial charge in [-0.3, -0.25) is 4.79 Å². The number of hydrogen-bond donors (Lipinski definition) is 0. The zero-order chi connectivity index (χ0) is 20.1. The molecule has 0 radical (unpaired) electrons. The van der Waals surface area contributed by atoms with Gasteiger partial charge in [-0.15, -0.1) is 0 Å². The minimum Gasteiger partial charge on any atom is -0.466 e. The average molecular weight is 401 g/mol. The largest absolute Gasteiger partial charge is 0.466 e. The first-order valence-corrected chi connectivity index (χ1v) is 9.77. The summed E-state index contributed by atoms with van der Waals surface area (Å²) in [4.78, 5) is 11.7. The highest BCUT2D eigenvalue weighted by Gasteiger charge is 2.23. The van der Waals surface area contributed by atoms with Gasteiger partial charge in [0, 0.05) is 30.5 Å². The number of benzene rings is 1. The van der Waals surface area contributed by atoms with E-state index in [1.165, 1.54) is 0 Å². The number of esters is 1. The molecule has 2 aromatic rings. The number of allylic oxidation sites excluding steroid dienone is 2. The Morgan fingerprint density at radius 2 is 2.07 bits per heavy atom. The third kappa shape index (κ3) is 4.72. The predicted molar refractivity (Wildman–Crippen MR) is 111 cm³/mol. The van der Waals surface area contributed by atoms with Crippen LogP contribution in [0.4, 0.5) is 0 Å². The van der Waals surface area contributed by atoms with Crippen LogP contribution in [0.15, 0.2) is 48.6 Å². The number of ether oxygens (including phenoxy) is 2. The Labute approximate surface area is 170 Å². The van der Waals surface area contributed by atoms with Crippen molar-refractivity contribution in [2.24, 2.45) is 0 Å². The van der Waals surface area contributed by atoms with Crippen molar-refractivity contribution in [2.45, 2.75) is 38.7 Å². The molecule has 1 unspecified atom stereocenters. The molecule has 5 nitrogen and oxygen atoms in total. The Bertz CT molecular complexity index is 899. The smallest absolute Gasteiger partial charge is 0.306 e. The second-order valence-electron chi connectivity index (χ2n) is 6.93. The van der Waals surface area contributed by atoms with Crippen LogP contribution in [0.25, 0.3) is 17.0 Å². The number of hydrogen-bond acceptors (Lipinski definition) is 4. The van der Waals surface area contributed by atoms with Crippen LogP contribution in [-0.4, -0.2) is 35.1 Å². The van der Waals surface area contributed by atoms with Crippen molar-refractivity contribution in [3.8, 4) is 11.3 Å². The molecule has 0 saturated carbocycles. The van der Waals surface area contributed by atoms with E-state index in [0.29, 0.717) is 24.5 Å². The van der Waals surface area contributed by atoms with Gasteiger partial charge in [0.1, 0.15) is 0 Å². The van der Waals surface area contributed by atoms with E-state index in [1.54, 1.807) is 14.0 Å². The molecule has 1 aromatic heterocycles. The van der Waals surface area contributed by atoms with Gasteiger partial charge in [-0.05, 0) is 38.1 Å². The minimum absolute atomic E-state index is 0.210. The van der Waals surface area contributed by atoms with Gasteiger partial charge < -0.3 is 9.47 Å². The average Bonchev–Trinajstić information content (AvgIpc) is 3.12. The molecule has 0 amide bonds. The molecule has 3 rings (SSSR count). The van der Waals surface area contributed by atoms with Gasteiger partial charge in [-0.1, -0.05) is 35.9 Å². The monoisotopic (exact) mass is 400 g/mol. The summed E-state index contributed by atoms with van der Waals surface area (Å²) in [5.74, 6) is -0.210. The zero-order valence-electron chi connectivity index (χ0n) is 16.4. The lowest BCUT2D eigenvalue weighted by atomic mass is 9.96. The predicted octanol–water partition coefficient (Wildman–Crippen LogP) is 4.91. The summed E-state index contributed by atoms with van der Waals surface area (Å²) in [6.45, 7) is 4.24. The minimum atomic E-state index is -0.302. The third-order valence-corrected chi connectivity index (χ3v) is 5.08. The summed E-state index contributed by atoms with van der Waals surface area (Å²) in [7, 11) is 1.71. The maximum atomic E-state index is 11.7. The van der Waals surface area contributed by atoms with Crippen LogP contribution >= 0.6 is 11.6 Å². The Hall–Kier alpha value is -2.37. The molecule has 1 aromatic carbocycles. The number of rotatable bonds is 7. The molecule has 0 aliphatic heterocycles. The molecule has 0 N–H and O–H groups in total. The lowest BCUT2D eigenvalue weighted by Gasteiger charge is -2.26. The fourth-order valence-corrected chi connectivity index (χ4v) is 3.18. The Morgan fingerprint density at radius 1 is 1.32 bits per heavy atom. The second-order valence-corrected chi connectivity index (χ2v) is 7.36. The Morgan fingerprint density at radius 3 is 2.68 bits per heavy atom. The first-order valence-electron chi connectivity index (χ1n) is 9.39. The molecular formula is C22H25ClN2O3. The molecule has 0 fully saturated rings. The van der Waals surface area contributed by atoms with Crippen LogP contribution in [0.3, 0.4) is 0 Å². The van der Waals surface area contributed by atoms with Crippen molar-refractivity contribution in [3.05, 3.63) is 59.3 Å². The van der Waals surface area contributed by atoms with Gasteiger partial charge in [0.05, 0.1) is 35.7 Å². The van der Waals surface area contributed by atoms with Gasteiger partial charge >= 0.3 is 5.97 Å². The Balaban J connectivity index is 1.92. The molecule has 148 valence electrons. The molecule has 6 heteroatoms. The van der Waals surface area contributed by atoms with Gasteiger partial charge in [0.15, 0.2) is 0 Å². The van der Waals surface area contributed by atoms with Crippen molar-refractivity contribution in [1.82, 2.24) is 9.78 Å². The van der Waals surface area contributed by atoms with Crippen LogP contribution in [-0.2, 0) is 20.7 Å². The van der Waals surface area contributed by atoms with Crippen molar-refractivity contribution in [1.29, 1.82) is 0 Å². The maximum Gasteiger partial charge on any atom is 0.306 e. The SMILES string of the molecule is CCOC(=O)CCc1cc(-c2ccc(Cl)cc2)n(C2=CCC(C)(OC)C=C2)n1. The number of aryl methyl sites for hydroxylation is 1. The van der Waals surface area contributed by atoms with Crippen LogP contribution in [0, 0.1) is 0 Å². The van der Waals surface area contributed by atoms with E-state index in [0.717, 1.165) is 29.1 Å². The lowest BCUT2D eigenvalue weighted by molar-refractivity contribution is -0.143. The number of aromatic nitrogens is 2. The summed E-state index contributed by atoms with van der Waals surface area (Å²) in [5.41, 5.74) is 3.47. The molecule has 1 heterocycles. The van der Waals surface area contributed by atoms with Crippen molar-refractivity contribution >= 4 is 23.3 Å². The molecular weight excluding hydrogens is 376 g/mol. The zero-order valence-corrected chi connectivity index (χ0v) is 17.2. The first-order chi connectivity index (χ1) is 13.4. The highest BCUT2D eigenvalue weighted by Crippen LogP contribution is 2.30. The van der Waals surface area contributed by atoms with Crippen molar-refractivity contribution in [3.63, 3.8) is 0 Å². The lowest BCUT2D eigenvalue weighted by Crippen LogP contribution is -2.25. The fourth-order valence-electron chi connectivity index (χ4n) is 3.05. The third-order valence-electron chi connectivity index (χ3n) is 4.82. The molecule has 0 spiro atoms. The van der Waals surface area contributed by atoms with E-state index < -0.39 is 0 Å². The number of nitrogens with zero attached hydrogens (tertiary/aromatic N) is 2. The van der Waals surface area contributed by atoms with Crippen LogP contribution in [0.2, 0.25) is 5.02 Å². The van der Waals surface area contributed by atoms with Crippen LogP contribution in [0.1, 0.15) is 32.4 Å². The number of carbonyl (C=O) groups excluding carboxylic acids is 1. The molecule has 1 aliphatic carbocycles. The topological polar surface area (TPSA) is 53.4 Å². The van der Waals surface area contributed by atoms with Gasteiger partial charge in [-0.25, -0.2) is 4.68 Å². The molecule has 28 heavy (non-hydrogen) atoms. The van der Waals surface area contributed by atoms with Gasteiger partial charge in [0.2, 0.25) is 0 Å². The van der Waals surface area contributed by atoms with E-state index in [9.17, 15) is 4.79 Å². The summed E-state index contributed by atoms with van der Waals surface area (Å²) >= 11 is 6.04. The van der Waals surface area contributed by atoms with Gasteiger partial charge in [0.25, 0.3) is 0 Å². The fraction of sp³-hybridized carbons (Fsp3) is 0.364. The molecule has 0 saturated heterocycles. The van der Waals surface area contributed by atoms with E-state index in [2.05, 4.69) is 6.08 Å². The van der Waals surface area contributed by atoms with Crippen molar-refractivity contribution < 1.29 is 14.3 Å². The quantitative estimate of drug-likeness (QED) is 0.620. The summed E-state index contributed by atoms with van der Waals surface area (Å²) < 4.78 is 12.5. The standard InChI is InChI=1S/C22H25ClN2O3/c1-4-28-21(26)10-9-18-15-20(16-5-7-17(23)8-6-16)25(24-18)19-11-13-22(2,27-3)14-12-19/h5-8,11-13,15H,4,9-10,14H2,1-3H3. The van der Waals surface area contributed by atoms with E-state index >= 15 is 0 Å². The Kier molecular flexibility index (Phi) is 6.37. The van der Waals surface area contributed by atoms with Gasteiger partial charge in [-0.2, -0.15) is 5.10 Å². The molecule has 1 atom stereocenters. The molecule has 1 aliphatic rings. The van der Waals surface area contributed by atoms with Crippen LogP contribution in [0.5, 0.6) is 0 Å². The highest BCUT2D eigenvalue weighted by atomic mass is 35.5. The normalized spacial score (nSPS) is 18.8.